The van der Waals surface area contributed by atoms with Gasteiger partial charge in [0, 0.05) is 0 Å². The van der Waals surface area contributed by atoms with Gasteiger partial charge in [0.05, 0.1) is 39.5 Å². The molecule has 0 spiro atoms. The van der Waals surface area contributed by atoms with Gasteiger partial charge in [-0.05, 0) is 25.3 Å². The molecule has 120 valence electrons. The normalized spacial score (nSPS) is 11.6. The number of unbranched alkanes of at least 4 members (excludes halogenated alkanes) is 2. The molecular formula is C12H26N2O5S. The molecule has 0 aromatic carbocycles. The lowest BCUT2D eigenvalue weighted by Crippen LogP contribution is -2.45. The van der Waals surface area contributed by atoms with Gasteiger partial charge in [-0.3, -0.25) is 9.35 Å². The third kappa shape index (κ3) is 13.5. The molecule has 0 radical (unpaired) electrons. The molecule has 0 bridgehead atoms. The molecule has 0 atom stereocenters. The number of carbonyl (C=O) groups is 1. The molecule has 0 fully saturated rings. The summed E-state index contributed by atoms with van der Waals surface area (Å²) in [7, 11) is 0.288. The van der Waals surface area contributed by atoms with E-state index in [1.807, 2.05) is 0 Å². The molecule has 0 aliphatic heterocycles. The summed E-state index contributed by atoms with van der Waals surface area (Å²) >= 11 is 0. The Hall–Kier alpha value is -0.960. The minimum Gasteiger partial charge on any atom is -0.870 e. The first-order valence-corrected chi connectivity index (χ1v) is 7.95. The minimum absolute atomic E-state index is 0. The summed E-state index contributed by atoms with van der Waals surface area (Å²) in [5.74, 6) is -0.344. The van der Waals surface area contributed by atoms with Crippen molar-refractivity contribution in [2.75, 3.05) is 39.5 Å². The number of amides is 1. The zero-order valence-electron chi connectivity index (χ0n) is 12.2. The lowest BCUT2D eigenvalue weighted by Gasteiger charge is -2.29. The predicted octanol–water partition coefficient (Wildman–Crippen LogP) is 0.246. The van der Waals surface area contributed by atoms with Crippen molar-refractivity contribution in [1.82, 2.24) is 5.32 Å². The van der Waals surface area contributed by atoms with E-state index in [0.29, 0.717) is 13.0 Å². The molecule has 0 aliphatic carbocycles. The number of carbonyl (C=O) groups excluding carboxylic acids is 1. The number of quaternary nitrogens is 1. The summed E-state index contributed by atoms with van der Waals surface area (Å²) in [6, 6.07) is 0. The van der Waals surface area contributed by atoms with Crippen LogP contribution in [-0.2, 0) is 14.9 Å². The van der Waals surface area contributed by atoms with Crippen molar-refractivity contribution in [3.8, 4) is 0 Å². The number of hydrogen-bond acceptors (Lipinski definition) is 4. The largest absolute Gasteiger partial charge is 0.870 e. The molecule has 0 saturated carbocycles. The van der Waals surface area contributed by atoms with Gasteiger partial charge >= 0.3 is 0 Å². The Morgan fingerprint density at radius 2 is 1.85 bits per heavy atom. The third-order valence-electron chi connectivity index (χ3n) is 2.87. The summed E-state index contributed by atoms with van der Waals surface area (Å²) in [6.07, 6.45) is 3.37. The van der Waals surface area contributed by atoms with Crippen LogP contribution in [0.5, 0.6) is 0 Å². The second-order valence-electron chi connectivity index (χ2n) is 5.22. The van der Waals surface area contributed by atoms with E-state index in [4.69, 9.17) is 4.55 Å². The lowest BCUT2D eigenvalue weighted by molar-refractivity contribution is -0.889. The number of nitrogens with zero attached hydrogens (tertiary/aromatic N) is 1. The number of nitrogens with one attached hydrogen (secondary N) is 1. The number of hydrogen-bond donors (Lipinski definition) is 2. The Bertz CT molecular complexity index is 393. The molecule has 20 heavy (non-hydrogen) atoms. The molecule has 0 aromatic heterocycles. The van der Waals surface area contributed by atoms with Crippen LogP contribution in [0, 0.1) is 0 Å². The van der Waals surface area contributed by atoms with Crippen LogP contribution >= 0.6 is 0 Å². The first-order chi connectivity index (χ1) is 8.66. The van der Waals surface area contributed by atoms with Crippen LogP contribution in [0.2, 0.25) is 0 Å². The monoisotopic (exact) mass is 310 g/mol. The summed E-state index contributed by atoms with van der Waals surface area (Å²) in [6.45, 7) is 5.67. The van der Waals surface area contributed by atoms with Gasteiger partial charge in [0.1, 0.15) is 0 Å². The van der Waals surface area contributed by atoms with E-state index in [2.05, 4.69) is 26.0 Å². The first kappa shape index (κ1) is 21.3. The fourth-order valence-electron chi connectivity index (χ4n) is 1.67. The number of rotatable bonds is 10. The van der Waals surface area contributed by atoms with E-state index in [-0.39, 0.29) is 17.1 Å². The van der Waals surface area contributed by atoms with Gasteiger partial charge in [0.25, 0.3) is 10.1 Å². The molecule has 3 N–H and O–H groups in total. The van der Waals surface area contributed by atoms with Gasteiger partial charge in [-0.15, -0.1) is 0 Å². The maximum atomic E-state index is 11.0. The van der Waals surface area contributed by atoms with Gasteiger partial charge in [-0.1, -0.05) is 6.58 Å². The maximum absolute atomic E-state index is 11.0. The Kier molecular flexibility index (Phi) is 10.5. The highest BCUT2D eigenvalue weighted by atomic mass is 32.2. The Morgan fingerprint density at radius 1 is 1.25 bits per heavy atom. The molecule has 0 unspecified atom stereocenters. The van der Waals surface area contributed by atoms with Crippen LogP contribution < -0.4 is 5.32 Å². The van der Waals surface area contributed by atoms with Crippen molar-refractivity contribution in [3.63, 3.8) is 0 Å². The average molecular weight is 310 g/mol. The molecule has 0 aliphatic rings. The summed E-state index contributed by atoms with van der Waals surface area (Å²) in [5.41, 5.74) is 0. The van der Waals surface area contributed by atoms with Crippen LogP contribution in [0.25, 0.3) is 0 Å². The summed E-state index contributed by atoms with van der Waals surface area (Å²) in [4.78, 5) is 11.0. The molecular weight excluding hydrogens is 284 g/mol. The van der Waals surface area contributed by atoms with Crippen LogP contribution in [-0.4, -0.2) is 68.3 Å². The zero-order chi connectivity index (χ0) is 14.9. The van der Waals surface area contributed by atoms with Crippen molar-refractivity contribution in [2.24, 2.45) is 0 Å². The van der Waals surface area contributed by atoms with Gasteiger partial charge in [-0.2, -0.15) is 8.42 Å². The van der Waals surface area contributed by atoms with E-state index in [1.165, 1.54) is 6.08 Å². The first-order valence-electron chi connectivity index (χ1n) is 6.34. The third-order valence-corrected chi connectivity index (χ3v) is 3.67. The van der Waals surface area contributed by atoms with E-state index >= 15 is 0 Å². The molecule has 8 heteroatoms. The Balaban J connectivity index is 0. The van der Waals surface area contributed by atoms with E-state index in [0.717, 1.165) is 30.4 Å². The molecule has 1 amide bonds. The highest BCUT2D eigenvalue weighted by molar-refractivity contribution is 7.85. The fraction of sp³-hybridized carbons (Fsp3) is 0.750. The quantitative estimate of drug-likeness (QED) is 0.260. The summed E-state index contributed by atoms with van der Waals surface area (Å²) < 4.78 is 30.4. The Morgan fingerprint density at radius 3 is 2.35 bits per heavy atom. The van der Waals surface area contributed by atoms with E-state index < -0.39 is 10.1 Å². The minimum atomic E-state index is -3.83. The zero-order valence-corrected chi connectivity index (χ0v) is 13.0. The molecule has 0 rings (SSSR count). The van der Waals surface area contributed by atoms with E-state index in [1.54, 1.807) is 0 Å². The standard InChI is InChI=1S/C12H24N2O4S.H2O/c1-4-12(15)13-8-10-14(2,3)9-6-5-7-11-19(16,17)18;/h4H,1,5-11H2,2-3H3,(H-,13,15,16,17,18);1H2. The smallest absolute Gasteiger partial charge is 0.264 e. The van der Waals surface area contributed by atoms with Crippen molar-refractivity contribution in [2.45, 2.75) is 19.3 Å². The van der Waals surface area contributed by atoms with Crippen molar-refractivity contribution in [3.05, 3.63) is 12.7 Å². The second kappa shape index (κ2) is 9.87. The molecule has 0 saturated heterocycles. The SMILES string of the molecule is C=CC(=O)NCC[N+](C)(C)CCCCCS(=O)(=O)O.[OH-]. The van der Waals surface area contributed by atoms with Gasteiger partial charge in [-0.25, -0.2) is 0 Å². The van der Waals surface area contributed by atoms with Gasteiger partial charge < -0.3 is 15.3 Å². The summed E-state index contributed by atoms with van der Waals surface area (Å²) in [5, 5.41) is 2.72. The lowest BCUT2D eigenvalue weighted by atomic mass is 10.2. The fourth-order valence-corrected chi connectivity index (χ4v) is 2.24. The van der Waals surface area contributed by atoms with E-state index in [9.17, 15) is 13.2 Å². The van der Waals surface area contributed by atoms with Gasteiger partial charge in [0.15, 0.2) is 0 Å². The van der Waals surface area contributed by atoms with Gasteiger partial charge in [0.2, 0.25) is 5.91 Å². The topological polar surface area (TPSA) is 113 Å². The highest BCUT2D eigenvalue weighted by Crippen LogP contribution is 2.04. The maximum Gasteiger partial charge on any atom is 0.264 e. The van der Waals surface area contributed by atoms with Crippen molar-refractivity contribution >= 4 is 16.0 Å². The number of likely N-dealkylation sites (N-methyl/N-ethyl adjacent to an activating group) is 1. The predicted molar refractivity (Wildman–Crippen MR) is 77.3 cm³/mol. The van der Waals surface area contributed by atoms with Crippen LogP contribution in [0.3, 0.4) is 0 Å². The molecule has 0 aromatic rings. The highest BCUT2D eigenvalue weighted by Gasteiger charge is 2.14. The van der Waals surface area contributed by atoms with Crippen molar-refractivity contribution in [1.29, 1.82) is 0 Å². The average Bonchev–Trinajstić information content (AvgIpc) is 2.26. The van der Waals surface area contributed by atoms with Crippen LogP contribution in [0.15, 0.2) is 12.7 Å². The second-order valence-corrected chi connectivity index (χ2v) is 6.80. The van der Waals surface area contributed by atoms with Crippen molar-refractivity contribution < 1.29 is 27.7 Å². The van der Waals surface area contributed by atoms with Crippen LogP contribution in [0.4, 0.5) is 0 Å². The Labute approximate surface area is 121 Å². The van der Waals surface area contributed by atoms with Crippen LogP contribution in [0.1, 0.15) is 19.3 Å². The molecule has 0 heterocycles. The molecule has 7 nitrogen and oxygen atoms in total.